The quantitative estimate of drug-likeness (QED) is 0.772. The number of anilines is 1. The number of alkyl halides is 3. The summed E-state index contributed by atoms with van der Waals surface area (Å²) in [5.41, 5.74) is 4.67. The van der Waals surface area contributed by atoms with Crippen LogP contribution in [-0.2, 0) is 6.18 Å². The van der Waals surface area contributed by atoms with Crippen molar-refractivity contribution in [3.8, 4) is 11.5 Å². The average molecular weight is 360 g/mol. The number of hydrogen-bond acceptors (Lipinski definition) is 7. The Morgan fingerprint density at radius 3 is 2.78 bits per heavy atom. The van der Waals surface area contributed by atoms with Crippen molar-refractivity contribution in [2.75, 3.05) is 5.73 Å². The Morgan fingerprint density at radius 1 is 1.35 bits per heavy atom. The minimum atomic E-state index is -4.54. The number of hydrogen-bond donors (Lipinski definition) is 1. The molecule has 3 aromatic rings. The Kier molecular flexibility index (Phi) is 3.98. The first kappa shape index (κ1) is 15.7. The van der Waals surface area contributed by atoms with Crippen LogP contribution in [0.15, 0.2) is 32.4 Å². The third-order valence-corrected chi connectivity index (χ3v) is 4.59. The van der Waals surface area contributed by atoms with Crippen molar-refractivity contribution in [2.45, 2.75) is 22.7 Å². The molecule has 0 aromatic carbocycles. The maximum Gasteiger partial charge on any atom is 0.417 e. The molecule has 0 unspecified atom stereocenters. The number of thiazole rings is 1. The lowest BCUT2D eigenvalue weighted by Crippen LogP contribution is -2.09. The third-order valence-electron chi connectivity index (χ3n) is 2.79. The minimum absolute atomic E-state index is 0.106. The lowest BCUT2D eigenvalue weighted by atomic mass is 10.1. The summed E-state index contributed by atoms with van der Waals surface area (Å²) in [7, 11) is 0. The van der Waals surface area contributed by atoms with Gasteiger partial charge in [-0.05, 0) is 24.3 Å². The van der Waals surface area contributed by atoms with E-state index in [0.717, 1.165) is 24.0 Å². The molecule has 120 valence electrons. The topological polar surface area (TPSA) is 92.0 Å². The fourth-order valence-electron chi connectivity index (χ4n) is 1.85. The monoisotopic (exact) mass is 360 g/mol. The van der Waals surface area contributed by atoms with Gasteiger partial charge in [-0.3, -0.25) is 4.98 Å². The molecule has 0 saturated carbocycles. The van der Waals surface area contributed by atoms with Gasteiger partial charge >= 0.3 is 10.5 Å². The summed E-state index contributed by atoms with van der Waals surface area (Å²) in [6, 6.07) is 0.882. The van der Waals surface area contributed by atoms with Crippen LogP contribution >= 0.6 is 23.1 Å². The highest BCUT2D eigenvalue weighted by Crippen LogP contribution is 2.38. The number of halogens is 3. The number of nitrogens with zero attached hydrogens (tertiary/aromatic N) is 3. The first-order chi connectivity index (χ1) is 10.8. The third kappa shape index (κ3) is 3.29. The van der Waals surface area contributed by atoms with Gasteiger partial charge in [-0.25, -0.2) is 0 Å². The summed E-state index contributed by atoms with van der Waals surface area (Å²) in [4.78, 5) is 6.76. The molecule has 0 radical (unpaired) electrons. The van der Waals surface area contributed by atoms with Gasteiger partial charge in [0.2, 0.25) is 6.20 Å². The van der Waals surface area contributed by atoms with Crippen LogP contribution in [-0.4, -0.2) is 15.2 Å². The number of nitrogens with two attached hydrogens (primary N) is 1. The molecule has 0 bridgehead atoms. The van der Waals surface area contributed by atoms with Gasteiger partial charge in [0.1, 0.15) is 0 Å². The van der Waals surface area contributed by atoms with Crippen molar-refractivity contribution < 1.29 is 22.6 Å². The Bertz CT molecular complexity index is 845. The fraction of sp³-hybridized carbons (Fsp3) is 0.167. The van der Waals surface area contributed by atoms with Crippen molar-refractivity contribution in [3.05, 3.63) is 29.7 Å². The molecule has 0 saturated heterocycles. The van der Waals surface area contributed by atoms with E-state index in [9.17, 15) is 13.2 Å². The Labute approximate surface area is 136 Å². The van der Waals surface area contributed by atoms with E-state index >= 15 is 0 Å². The zero-order chi connectivity index (χ0) is 16.6. The molecule has 0 aliphatic rings. The van der Waals surface area contributed by atoms with E-state index in [2.05, 4.69) is 20.2 Å². The molecule has 0 spiro atoms. The second kappa shape index (κ2) is 5.81. The molecule has 3 N–H and O–H groups in total. The van der Waals surface area contributed by atoms with Crippen molar-refractivity contribution in [1.82, 2.24) is 15.2 Å². The van der Waals surface area contributed by atoms with E-state index in [1.165, 1.54) is 18.3 Å². The maximum absolute atomic E-state index is 13.1. The molecule has 3 heterocycles. The Morgan fingerprint density at radius 2 is 2.13 bits per heavy atom. The predicted octanol–water partition coefficient (Wildman–Crippen LogP) is 3.07. The van der Waals surface area contributed by atoms with Crippen molar-refractivity contribution in [2.24, 2.45) is 0 Å². The maximum atomic E-state index is 13.1. The molecule has 6 nitrogen and oxygen atoms in total. The number of aryl methyl sites for hydroxylation is 1. The molecule has 0 fully saturated rings. The zero-order valence-electron chi connectivity index (χ0n) is 11.5. The number of rotatable bonds is 3. The number of H-pyrrole nitrogens is 1. The highest BCUT2D eigenvalue weighted by atomic mass is 32.2. The van der Waals surface area contributed by atoms with Gasteiger partial charge < -0.3 is 10.2 Å². The molecule has 3 aromatic heterocycles. The van der Waals surface area contributed by atoms with Crippen LogP contribution in [0.2, 0.25) is 0 Å². The SMILES string of the molecule is Cc1nccc(C(F)(F)F)c1-c1nnc(Sc2[nH+]cc(N)s2)o1. The molecule has 3 rings (SSSR count). The first-order valence-corrected chi connectivity index (χ1v) is 7.79. The summed E-state index contributed by atoms with van der Waals surface area (Å²) in [6.45, 7) is 1.45. The highest BCUT2D eigenvalue weighted by Gasteiger charge is 2.36. The molecule has 23 heavy (non-hydrogen) atoms. The number of pyridine rings is 1. The number of nitrogen functional groups attached to an aromatic ring is 1. The van der Waals surface area contributed by atoms with Crippen LogP contribution in [0, 0.1) is 6.92 Å². The van der Waals surface area contributed by atoms with Crippen LogP contribution in [0.3, 0.4) is 0 Å². The molecule has 0 aliphatic heterocycles. The fourth-order valence-corrected chi connectivity index (χ4v) is 3.45. The predicted molar refractivity (Wildman–Crippen MR) is 76.7 cm³/mol. The molecule has 0 aliphatic carbocycles. The summed E-state index contributed by atoms with van der Waals surface area (Å²) in [5, 5.41) is 8.14. The summed E-state index contributed by atoms with van der Waals surface area (Å²) < 4.78 is 45.4. The van der Waals surface area contributed by atoms with Gasteiger partial charge in [0.15, 0.2) is 5.00 Å². The van der Waals surface area contributed by atoms with Crippen LogP contribution in [0.25, 0.3) is 11.5 Å². The lowest BCUT2D eigenvalue weighted by molar-refractivity contribution is -0.415. The Hall–Kier alpha value is -2.14. The highest BCUT2D eigenvalue weighted by molar-refractivity contribution is 8.00. The second-order valence-corrected chi connectivity index (χ2v) is 6.68. The van der Waals surface area contributed by atoms with Gasteiger partial charge in [0, 0.05) is 6.20 Å². The largest absolute Gasteiger partial charge is 0.417 e. The van der Waals surface area contributed by atoms with Crippen molar-refractivity contribution in [3.63, 3.8) is 0 Å². The van der Waals surface area contributed by atoms with Crippen LogP contribution in [0.1, 0.15) is 11.3 Å². The van der Waals surface area contributed by atoms with Crippen LogP contribution in [0.5, 0.6) is 0 Å². The van der Waals surface area contributed by atoms with E-state index in [-0.39, 0.29) is 22.4 Å². The van der Waals surface area contributed by atoms with E-state index in [1.54, 1.807) is 6.20 Å². The molecule has 0 atom stereocenters. The van der Waals surface area contributed by atoms with Crippen molar-refractivity contribution in [1.29, 1.82) is 0 Å². The van der Waals surface area contributed by atoms with Crippen LogP contribution in [0.4, 0.5) is 18.2 Å². The number of aromatic nitrogens is 4. The summed E-state index contributed by atoms with van der Waals surface area (Å²) in [6.07, 6.45) is -1.85. The number of nitrogens with one attached hydrogen (secondary N) is 1. The minimum Gasteiger partial charge on any atom is -0.411 e. The Balaban J connectivity index is 1.97. The first-order valence-electron chi connectivity index (χ1n) is 6.16. The van der Waals surface area contributed by atoms with E-state index in [1.807, 2.05) is 0 Å². The normalized spacial score (nSPS) is 11.8. The molecular weight excluding hydrogens is 351 g/mol. The molecule has 0 amide bonds. The standard InChI is InChI=1S/C12H8F3N5OS2/c1-5-8(6(2-3-17-5)12(13,14)15)9-19-20-10(21-9)23-11-18-4-7(16)22-11/h2-4H,16H2,1H3/p+1. The lowest BCUT2D eigenvalue weighted by Gasteiger charge is -2.11. The van der Waals surface area contributed by atoms with Gasteiger partial charge in [0.25, 0.3) is 11.1 Å². The van der Waals surface area contributed by atoms with E-state index in [0.29, 0.717) is 9.34 Å². The summed E-state index contributed by atoms with van der Waals surface area (Å²) >= 11 is 2.35. The summed E-state index contributed by atoms with van der Waals surface area (Å²) in [5.74, 6) is -0.227. The average Bonchev–Trinajstić information content (AvgIpc) is 3.07. The molecular formula is C12H9F3N5OS2+. The molecule has 11 heteroatoms. The van der Waals surface area contributed by atoms with E-state index < -0.39 is 11.7 Å². The zero-order valence-corrected chi connectivity index (χ0v) is 13.1. The van der Waals surface area contributed by atoms with Gasteiger partial charge in [-0.15, -0.1) is 10.2 Å². The van der Waals surface area contributed by atoms with Gasteiger partial charge in [-0.1, -0.05) is 0 Å². The second-order valence-electron chi connectivity index (χ2n) is 4.37. The van der Waals surface area contributed by atoms with Crippen LogP contribution < -0.4 is 10.7 Å². The van der Waals surface area contributed by atoms with Crippen molar-refractivity contribution >= 4 is 28.1 Å². The smallest absolute Gasteiger partial charge is 0.411 e. The van der Waals surface area contributed by atoms with E-state index in [4.69, 9.17) is 10.2 Å². The number of aromatic amines is 1. The van der Waals surface area contributed by atoms with Gasteiger partial charge in [0.05, 0.1) is 28.6 Å². The van der Waals surface area contributed by atoms with Gasteiger partial charge in [-0.2, -0.15) is 18.2 Å².